The Balaban J connectivity index is 1.65. The maximum absolute atomic E-state index is 12.5. The molecule has 2 amide bonds. The molecular formula is C19H21N5O3. The Kier molecular flexibility index (Phi) is 5.35. The summed E-state index contributed by atoms with van der Waals surface area (Å²) in [4.78, 5) is 28.0. The van der Waals surface area contributed by atoms with Crippen LogP contribution >= 0.6 is 0 Å². The molecule has 27 heavy (non-hydrogen) atoms. The third-order valence-corrected chi connectivity index (χ3v) is 4.25. The second-order valence-corrected chi connectivity index (χ2v) is 6.36. The SMILES string of the molecule is COc1ccc(CC(C)CNC(=O)c2ccnc3c(C(N)=O)cnn23)cc1. The molecule has 3 rings (SSSR count). The number of carbonyl (C=O) groups is 2. The number of methoxy groups -OCH3 is 1. The molecule has 0 aliphatic rings. The van der Waals surface area contributed by atoms with Crippen molar-refractivity contribution in [2.24, 2.45) is 11.7 Å². The number of nitrogens with two attached hydrogens (primary N) is 1. The monoisotopic (exact) mass is 367 g/mol. The molecule has 0 fully saturated rings. The zero-order valence-electron chi connectivity index (χ0n) is 15.2. The van der Waals surface area contributed by atoms with Gasteiger partial charge in [0.2, 0.25) is 0 Å². The van der Waals surface area contributed by atoms with Crippen molar-refractivity contribution >= 4 is 17.5 Å². The van der Waals surface area contributed by atoms with E-state index in [1.807, 2.05) is 24.3 Å². The van der Waals surface area contributed by atoms with Crippen LogP contribution < -0.4 is 15.8 Å². The Labute approximate surface area is 156 Å². The van der Waals surface area contributed by atoms with Crippen molar-refractivity contribution in [3.8, 4) is 5.75 Å². The molecule has 0 radical (unpaired) electrons. The van der Waals surface area contributed by atoms with Crippen LogP contribution in [0.15, 0.2) is 42.7 Å². The molecule has 1 aromatic carbocycles. The molecule has 0 saturated carbocycles. The number of amides is 2. The van der Waals surface area contributed by atoms with Gasteiger partial charge in [-0.25, -0.2) is 9.50 Å². The minimum atomic E-state index is -0.636. The number of hydrogen-bond acceptors (Lipinski definition) is 5. The highest BCUT2D eigenvalue weighted by Crippen LogP contribution is 2.15. The lowest BCUT2D eigenvalue weighted by atomic mass is 10.0. The number of nitrogens with zero attached hydrogens (tertiary/aromatic N) is 3. The second-order valence-electron chi connectivity index (χ2n) is 6.36. The van der Waals surface area contributed by atoms with Crippen molar-refractivity contribution < 1.29 is 14.3 Å². The van der Waals surface area contributed by atoms with Gasteiger partial charge >= 0.3 is 0 Å². The molecule has 140 valence electrons. The predicted molar refractivity (Wildman–Crippen MR) is 99.7 cm³/mol. The summed E-state index contributed by atoms with van der Waals surface area (Å²) in [6, 6.07) is 9.41. The van der Waals surface area contributed by atoms with Crippen molar-refractivity contribution in [1.82, 2.24) is 19.9 Å². The smallest absolute Gasteiger partial charge is 0.270 e. The van der Waals surface area contributed by atoms with Crippen LogP contribution in [0.25, 0.3) is 5.65 Å². The zero-order valence-corrected chi connectivity index (χ0v) is 15.2. The van der Waals surface area contributed by atoms with Crippen LogP contribution in [0.2, 0.25) is 0 Å². The van der Waals surface area contributed by atoms with Crippen LogP contribution in [0, 0.1) is 5.92 Å². The van der Waals surface area contributed by atoms with Gasteiger partial charge in [-0.05, 0) is 36.1 Å². The van der Waals surface area contributed by atoms with E-state index in [-0.39, 0.29) is 23.0 Å². The van der Waals surface area contributed by atoms with E-state index in [2.05, 4.69) is 22.3 Å². The molecule has 3 aromatic rings. The first-order chi connectivity index (χ1) is 13.0. The Bertz CT molecular complexity index is 965. The first kappa shape index (κ1) is 18.4. The third-order valence-electron chi connectivity index (χ3n) is 4.25. The molecule has 0 saturated heterocycles. The van der Waals surface area contributed by atoms with Gasteiger partial charge in [0.05, 0.1) is 13.3 Å². The van der Waals surface area contributed by atoms with Crippen LogP contribution in [0.1, 0.15) is 33.3 Å². The normalized spacial score (nSPS) is 11.9. The standard InChI is InChI=1S/C19H21N5O3/c1-12(9-13-3-5-14(27-2)6-4-13)10-22-19(26)16-7-8-21-18-15(17(20)25)11-23-24(16)18/h3-8,11-12H,9-10H2,1-2H3,(H2,20,25)(H,22,26). The maximum atomic E-state index is 12.5. The lowest BCUT2D eigenvalue weighted by Crippen LogP contribution is -2.30. The van der Waals surface area contributed by atoms with Gasteiger partial charge in [0.1, 0.15) is 17.0 Å². The van der Waals surface area contributed by atoms with Gasteiger partial charge in [-0.1, -0.05) is 19.1 Å². The van der Waals surface area contributed by atoms with E-state index < -0.39 is 5.91 Å². The molecule has 0 aliphatic carbocycles. The van der Waals surface area contributed by atoms with Crippen molar-refractivity contribution in [3.05, 3.63) is 59.5 Å². The van der Waals surface area contributed by atoms with Crippen LogP contribution in [-0.4, -0.2) is 40.1 Å². The highest BCUT2D eigenvalue weighted by Gasteiger charge is 2.17. The molecule has 1 unspecified atom stereocenters. The topological polar surface area (TPSA) is 112 Å². The number of ether oxygens (including phenoxy) is 1. The number of benzene rings is 1. The van der Waals surface area contributed by atoms with Crippen molar-refractivity contribution in [2.45, 2.75) is 13.3 Å². The van der Waals surface area contributed by atoms with Gasteiger partial charge in [-0.2, -0.15) is 5.10 Å². The largest absolute Gasteiger partial charge is 0.497 e. The Morgan fingerprint density at radius 1 is 1.26 bits per heavy atom. The molecule has 1 atom stereocenters. The van der Waals surface area contributed by atoms with Gasteiger partial charge in [-0.3, -0.25) is 9.59 Å². The number of rotatable bonds is 7. The number of nitrogens with one attached hydrogen (secondary N) is 1. The number of carbonyl (C=O) groups excluding carboxylic acids is 2. The molecule has 0 spiro atoms. The van der Waals surface area contributed by atoms with E-state index in [1.54, 1.807) is 13.2 Å². The summed E-state index contributed by atoms with van der Waals surface area (Å²) < 4.78 is 6.48. The molecule has 2 heterocycles. The van der Waals surface area contributed by atoms with Crippen LogP contribution in [0.4, 0.5) is 0 Å². The Hall–Kier alpha value is -3.42. The third kappa shape index (κ3) is 4.05. The van der Waals surface area contributed by atoms with Crippen molar-refractivity contribution in [3.63, 3.8) is 0 Å². The fourth-order valence-corrected chi connectivity index (χ4v) is 2.83. The fraction of sp³-hybridized carbons (Fsp3) is 0.263. The van der Waals surface area contributed by atoms with Gasteiger partial charge in [0.15, 0.2) is 5.65 Å². The second kappa shape index (κ2) is 7.86. The number of aromatic nitrogens is 3. The molecule has 8 heteroatoms. The summed E-state index contributed by atoms with van der Waals surface area (Å²) >= 11 is 0. The predicted octanol–water partition coefficient (Wildman–Crippen LogP) is 1.45. The highest BCUT2D eigenvalue weighted by atomic mass is 16.5. The molecule has 3 N–H and O–H groups in total. The number of hydrogen-bond donors (Lipinski definition) is 2. The van der Waals surface area contributed by atoms with Gasteiger partial charge in [0.25, 0.3) is 11.8 Å². The van der Waals surface area contributed by atoms with E-state index in [0.717, 1.165) is 12.2 Å². The van der Waals surface area contributed by atoms with Crippen molar-refractivity contribution in [2.75, 3.05) is 13.7 Å². The molecule has 0 aliphatic heterocycles. The molecular weight excluding hydrogens is 346 g/mol. The summed E-state index contributed by atoms with van der Waals surface area (Å²) in [5.74, 6) is 0.126. The summed E-state index contributed by atoms with van der Waals surface area (Å²) in [5.41, 5.74) is 7.21. The summed E-state index contributed by atoms with van der Waals surface area (Å²) in [7, 11) is 1.63. The van der Waals surface area contributed by atoms with Gasteiger partial charge < -0.3 is 15.8 Å². The van der Waals surface area contributed by atoms with Crippen molar-refractivity contribution in [1.29, 1.82) is 0 Å². The minimum Gasteiger partial charge on any atom is -0.497 e. The van der Waals surface area contributed by atoms with E-state index in [1.165, 1.54) is 22.5 Å². The summed E-state index contributed by atoms with van der Waals surface area (Å²) in [5, 5.41) is 6.96. The Morgan fingerprint density at radius 3 is 2.67 bits per heavy atom. The summed E-state index contributed by atoms with van der Waals surface area (Å²) in [6.45, 7) is 2.56. The van der Waals surface area contributed by atoms with E-state index >= 15 is 0 Å². The molecule has 8 nitrogen and oxygen atoms in total. The fourth-order valence-electron chi connectivity index (χ4n) is 2.83. The van der Waals surface area contributed by atoms with Crippen LogP contribution in [-0.2, 0) is 6.42 Å². The van der Waals surface area contributed by atoms with Gasteiger partial charge in [0, 0.05) is 12.7 Å². The zero-order chi connectivity index (χ0) is 19.4. The van der Waals surface area contributed by atoms with Crippen LogP contribution in [0.5, 0.6) is 5.75 Å². The lowest BCUT2D eigenvalue weighted by Gasteiger charge is -2.13. The van der Waals surface area contributed by atoms with Crippen LogP contribution in [0.3, 0.4) is 0 Å². The number of primary amides is 1. The first-order valence-electron chi connectivity index (χ1n) is 8.53. The van der Waals surface area contributed by atoms with E-state index in [4.69, 9.17) is 10.5 Å². The quantitative estimate of drug-likeness (QED) is 0.656. The average Bonchev–Trinajstić information content (AvgIpc) is 3.11. The lowest BCUT2D eigenvalue weighted by molar-refractivity contribution is 0.0939. The number of fused-ring (bicyclic) bond motifs is 1. The van der Waals surface area contributed by atoms with E-state index in [0.29, 0.717) is 12.2 Å². The highest BCUT2D eigenvalue weighted by molar-refractivity contribution is 5.99. The first-order valence-corrected chi connectivity index (χ1v) is 8.53. The Morgan fingerprint density at radius 2 is 2.00 bits per heavy atom. The van der Waals surface area contributed by atoms with Gasteiger partial charge in [-0.15, -0.1) is 0 Å². The average molecular weight is 367 g/mol. The molecule has 0 bridgehead atoms. The molecule has 2 aromatic heterocycles. The summed E-state index contributed by atoms with van der Waals surface area (Å²) in [6.07, 6.45) is 3.59. The minimum absolute atomic E-state index is 0.178. The maximum Gasteiger partial charge on any atom is 0.270 e. The van der Waals surface area contributed by atoms with E-state index in [9.17, 15) is 9.59 Å².